The first-order valence-electron chi connectivity index (χ1n) is 6.24. The Morgan fingerprint density at radius 1 is 1.25 bits per heavy atom. The van der Waals surface area contributed by atoms with Crippen LogP contribution in [0.2, 0.25) is 0 Å². The maximum Gasteiger partial charge on any atom is 0.266 e. The number of hydrogen-bond donors (Lipinski definition) is 0. The molecule has 1 aromatic carbocycles. The van der Waals surface area contributed by atoms with Crippen LogP contribution in [-0.4, -0.2) is 52.4 Å². The number of tetrazole rings is 1. The third-order valence-electron chi connectivity index (χ3n) is 3.11. The van der Waals surface area contributed by atoms with Crippen LogP contribution in [-0.2, 0) is 4.74 Å². The van der Waals surface area contributed by atoms with Crippen molar-refractivity contribution >= 4 is 5.95 Å². The predicted octanol–water partition coefficient (Wildman–Crippen LogP) is 1.13. The minimum atomic E-state index is -2.51. The van der Waals surface area contributed by atoms with Crippen LogP contribution in [0.3, 0.4) is 0 Å². The van der Waals surface area contributed by atoms with Crippen LogP contribution in [0.1, 0.15) is 0 Å². The lowest BCUT2D eigenvalue weighted by molar-refractivity contribution is -0.0617. The van der Waals surface area contributed by atoms with Crippen LogP contribution < -0.4 is 4.90 Å². The second kappa shape index (κ2) is 5.49. The zero-order valence-corrected chi connectivity index (χ0v) is 10.6. The van der Waals surface area contributed by atoms with Gasteiger partial charge in [0, 0.05) is 6.54 Å². The molecule has 1 atom stereocenters. The van der Waals surface area contributed by atoms with E-state index < -0.39 is 12.5 Å². The van der Waals surface area contributed by atoms with Crippen molar-refractivity contribution in [1.82, 2.24) is 20.2 Å². The lowest BCUT2D eigenvalue weighted by Crippen LogP contribution is -2.46. The van der Waals surface area contributed by atoms with Crippen molar-refractivity contribution in [3.63, 3.8) is 0 Å². The summed E-state index contributed by atoms with van der Waals surface area (Å²) in [6.45, 7) is 0.790. The number of hydrogen-bond acceptors (Lipinski definition) is 5. The summed E-state index contributed by atoms with van der Waals surface area (Å²) >= 11 is 0. The highest BCUT2D eigenvalue weighted by molar-refractivity contribution is 5.40. The van der Waals surface area contributed by atoms with Crippen molar-refractivity contribution in [2.24, 2.45) is 0 Å². The van der Waals surface area contributed by atoms with Crippen molar-refractivity contribution in [3.05, 3.63) is 30.3 Å². The van der Waals surface area contributed by atoms with Crippen LogP contribution in [0.25, 0.3) is 5.69 Å². The largest absolute Gasteiger partial charge is 0.369 e. The molecule has 0 saturated carbocycles. The molecule has 0 bridgehead atoms. The van der Waals surface area contributed by atoms with Gasteiger partial charge in [0.05, 0.1) is 18.8 Å². The number of ether oxygens (including phenoxy) is 1. The minimum Gasteiger partial charge on any atom is -0.369 e. The lowest BCUT2D eigenvalue weighted by atomic mass is 10.3. The molecule has 106 valence electrons. The van der Waals surface area contributed by atoms with Gasteiger partial charge in [-0.15, -0.1) is 0 Å². The Labute approximate surface area is 113 Å². The summed E-state index contributed by atoms with van der Waals surface area (Å²) in [7, 11) is 0. The van der Waals surface area contributed by atoms with Crippen molar-refractivity contribution in [3.8, 4) is 5.69 Å². The first-order chi connectivity index (χ1) is 9.75. The third-order valence-corrected chi connectivity index (χ3v) is 3.11. The molecule has 1 saturated heterocycles. The molecule has 8 heteroatoms. The number of nitrogens with zero attached hydrogens (tertiary/aromatic N) is 5. The van der Waals surface area contributed by atoms with E-state index in [2.05, 4.69) is 15.5 Å². The van der Waals surface area contributed by atoms with Gasteiger partial charge in [0.2, 0.25) is 0 Å². The zero-order chi connectivity index (χ0) is 13.9. The highest BCUT2D eigenvalue weighted by atomic mass is 19.3. The summed E-state index contributed by atoms with van der Waals surface area (Å²) in [6, 6.07) is 9.31. The third kappa shape index (κ3) is 2.46. The van der Waals surface area contributed by atoms with E-state index in [1.807, 2.05) is 30.3 Å². The van der Waals surface area contributed by atoms with E-state index in [-0.39, 0.29) is 13.2 Å². The zero-order valence-electron chi connectivity index (χ0n) is 10.6. The molecule has 0 spiro atoms. The van der Waals surface area contributed by atoms with E-state index in [1.165, 1.54) is 4.68 Å². The molecule has 1 aliphatic heterocycles. The molecule has 3 rings (SSSR count). The van der Waals surface area contributed by atoms with E-state index >= 15 is 0 Å². The second-order valence-electron chi connectivity index (χ2n) is 4.42. The molecule has 2 heterocycles. The Bertz CT molecular complexity index is 562. The molecule has 1 aromatic heterocycles. The van der Waals surface area contributed by atoms with E-state index in [0.29, 0.717) is 12.5 Å². The summed E-state index contributed by atoms with van der Waals surface area (Å²) in [5, 5.41) is 11.5. The SMILES string of the molecule is FC(F)C1CN(c2nnnn2-c2ccccc2)CCO1. The molecule has 0 aliphatic carbocycles. The molecule has 1 aliphatic rings. The maximum atomic E-state index is 12.7. The Hall–Kier alpha value is -2.09. The van der Waals surface area contributed by atoms with Crippen molar-refractivity contribution in [1.29, 1.82) is 0 Å². The molecular weight excluding hydrogens is 268 g/mol. The standard InChI is InChI=1S/C12H13F2N5O/c13-11(14)10-8-18(6-7-20-10)12-15-16-17-19(12)9-4-2-1-3-5-9/h1-5,10-11H,6-8H2. The van der Waals surface area contributed by atoms with Gasteiger partial charge < -0.3 is 9.64 Å². The van der Waals surface area contributed by atoms with Gasteiger partial charge in [0.1, 0.15) is 6.10 Å². The van der Waals surface area contributed by atoms with Gasteiger partial charge in [-0.05, 0) is 22.6 Å². The number of aromatic nitrogens is 4. The molecule has 0 N–H and O–H groups in total. The van der Waals surface area contributed by atoms with Crippen LogP contribution in [0.5, 0.6) is 0 Å². The van der Waals surface area contributed by atoms with Crippen LogP contribution in [0.15, 0.2) is 30.3 Å². The Morgan fingerprint density at radius 3 is 2.80 bits per heavy atom. The highest BCUT2D eigenvalue weighted by Gasteiger charge is 2.30. The summed E-state index contributed by atoms with van der Waals surface area (Å²) in [4.78, 5) is 1.72. The van der Waals surface area contributed by atoms with Gasteiger partial charge in [-0.1, -0.05) is 23.3 Å². The maximum absolute atomic E-state index is 12.7. The van der Waals surface area contributed by atoms with Gasteiger partial charge in [0.15, 0.2) is 0 Å². The average molecular weight is 281 g/mol. The molecule has 0 amide bonds. The van der Waals surface area contributed by atoms with Crippen LogP contribution in [0.4, 0.5) is 14.7 Å². The van der Waals surface area contributed by atoms with Crippen molar-refractivity contribution in [2.75, 3.05) is 24.6 Å². The molecule has 0 radical (unpaired) electrons. The number of para-hydroxylation sites is 1. The molecule has 2 aromatic rings. The topological polar surface area (TPSA) is 56.1 Å². The molecule has 1 fully saturated rings. The molecular formula is C12H13F2N5O. The Balaban J connectivity index is 1.86. The lowest BCUT2D eigenvalue weighted by Gasteiger charge is -2.32. The quantitative estimate of drug-likeness (QED) is 0.844. The number of anilines is 1. The summed E-state index contributed by atoms with van der Waals surface area (Å²) in [6.07, 6.45) is -3.62. The smallest absolute Gasteiger partial charge is 0.266 e. The fourth-order valence-electron chi connectivity index (χ4n) is 2.13. The fraction of sp³-hybridized carbons (Fsp3) is 0.417. The number of benzene rings is 1. The Morgan fingerprint density at radius 2 is 2.05 bits per heavy atom. The second-order valence-corrected chi connectivity index (χ2v) is 4.42. The van der Waals surface area contributed by atoms with E-state index in [9.17, 15) is 8.78 Å². The number of alkyl halides is 2. The fourth-order valence-corrected chi connectivity index (χ4v) is 2.13. The molecule has 1 unspecified atom stereocenters. The minimum absolute atomic E-state index is 0.0743. The average Bonchev–Trinajstić information content (AvgIpc) is 2.98. The van der Waals surface area contributed by atoms with Crippen LogP contribution in [0, 0.1) is 0 Å². The normalized spacial score (nSPS) is 19.6. The summed E-state index contributed by atoms with van der Waals surface area (Å²) in [5.74, 6) is 0.449. The van der Waals surface area contributed by atoms with Gasteiger partial charge in [-0.25, -0.2) is 8.78 Å². The molecule has 20 heavy (non-hydrogen) atoms. The predicted molar refractivity (Wildman–Crippen MR) is 67.1 cm³/mol. The van der Waals surface area contributed by atoms with Crippen molar-refractivity contribution in [2.45, 2.75) is 12.5 Å². The summed E-state index contributed by atoms with van der Waals surface area (Å²) in [5.41, 5.74) is 0.785. The first kappa shape index (κ1) is 12.9. The number of halogens is 2. The van der Waals surface area contributed by atoms with E-state index in [0.717, 1.165) is 5.69 Å². The first-order valence-corrected chi connectivity index (χ1v) is 6.24. The van der Waals surface area contributed by atoms with E-state index in [1.54, 1.807) is 4.90 Å². The van der Waals surface area contributed by atoms with Gasteiger partial charge in [-0.2, -0.15) is 4.68 Å². The van der Waals surface area contributed by atoms with Crippen LogP contribution >= 0.6 is 0 Å². The van der Waals surface area contributed by atoms with Gasteiger partial charge >= 0.3 is 0 Å². The van der Waals surface area contributed by atoms with Crippen molar-refractivity contribution < 1.29 is 13.5 Å². The Kier molecular flexibility index (Phi) is 3.55. The number of rotatable bonds is 3. The summed E-state index contributed by atoms with van der Waals surface area (Å²) < 4.78 is 32.1. The van der Waals surface area contributed by atoms with E-state index in [4.69, 9.17) is 4.74 Å². The van der Waals surface area contributed by atoms with Gasteiger partial charge in [0.25, 0.3) is 12.4 Å². The molecule has 6 nitrogen and oxygen atoms in total. The monoisotopic (exact) mass is 281 g/mol. The van der Waals surface area contributed by atoms with Gasteiger partial charge in [-0.3, -0.25) is 0 Å². The number of morpholine rings is 1. The highest BCUT2D eigenvalue weighted by Crippen LogP contribution is 2.20.